The van der Waals surface area contributed by atoms with Crippen molar-refractivity contribution in [2.24, 2.45) is 0 Å². The van der Waals surface area contributed by atoms with E-state index >= 15 is 0 Å². The molecule has 6 heteroatoms. The summed E-state index contributed by atoms with van der Waals surface area (Å²) in [4.78, 5) is 38.5. The molecule has 0 amide bonds. The minimum atomic E-state index is -0.783. The van der Waals surface area contributed by atoms with Crippen LogP contribution in [0.5, 0.6) is 0 Å². The molecule has 6 nitrogen and oxygen atoms in total. The second-order valence-corrected chi connectivity index (χ2v) is 24.1. The van der Waals surface area contributed by atoms with Gasteiger partial charge in [-0.3, -0.25) is 14.4 Å². The van der Waals surface area contributed by atoms with Crippen LogP contribution in [0, 0.1) is 0 Å². The van der Waals surface area contributed by atoms with Crippen molar-refractivity contribution in [3.8, 4) is 0 Å². The van der Waals surface area contributed by atoms with Crippen LogP contribution in [0.15, 0.2) is 72.9 Å². The third kappa shape index (κ3) is 67.6. The number of allylic oxidation sites excluding steroid dienone is 12. The van der Waals surface area contributed by atoms with Crippen molar-refractivity contribution in [3.63, 3.8) is 0 Å². The quantitative estimate of drug-likeness (QED) is 0.0261. The van der Waals surface area contributed by atoms with E-state index in [0.717, 1.165) is 89.9 Å². The molecule has 82 heavy (non-hydrogen) atoms. The molecular weight excluding hydrogens is 1010 g/mol. The maximum atomic E-state index is 13.0. The number of hydrogen-bond donors (Lipinski definition) is 0. The van der Waals surface area contributed by atoms with Gasteiger partial charge in [0.25, 0.3) is 0 Å². The molecular formula is C76H136O6. The lowest BCUT2D eigenvalue weighted by atomic mass is 10.0. The van der Waals surface area contributed by atoms with Gasteiger partial charge in [0.15, 0.2) is 6.10 Å². The van der Waals surface area contributed by atoms with Gasteiger partial charge in [0.05, 0.1) is 0 Å². The summed E-state index contributed by atoms with van der Waals surface area (Å²) in [7, 11) is 0. The van der Waals surface area contributed by atoms with Gasteiger partial charge in [-0.05, 0) is 109 Å². The van der Waals surface area contributed by atoms with Gasteiger partial charge in [0, 0.05) is 19.3 Å². The molecule has 0 aliphatic rings. The minimum absolute atomic E-state index is 0.0768. The molecule has 0 fully saturated rings. The van der Waals surface area contributed by atoms with Crippen molar-refractivity contribution in [3.05, 3.63) is 72.9 Å². The molecule has 0 saturated heterocycles. The van der Waals surface area contributed by atoms with Crippen LogP contribution in [0.25, 0.3) is 0 Å². The van der Waals surface area contributed by atoms with Crippen LogP contribution in [0.3, 0.4) is 0 Å². The zero-order valence-electron chi connectivity index (χ0n) is 54.8. The Kier molecular flexibility index (Phi) is 67.6. The number of esters is 3. The normalized spacial score (nSPS) is 12.5. The van der Waals surface area contributed by atoms with E-state index in [2.05, 4.69) is 93.7 Å². The fourth-order valence-electron chi connectivity index (χ4n) is 10.5. The van der Waals surface area contributed by atoms with E-state index in [4.69, 9.17) is 14.2 Å². The standard InChI is InChI=1S/C76H136O6/c1-4-7-10-13-16-19-22-25-28-31-33-35-37-38-40-41-43-45-48-51-54-57-60-63-66-69-75(78)81-72-73(71-80-74(77)68-65-62-59-56-53-50-47-30-27-24-21-18-15-12-9-6-3)82-76(79)70-67-64-61-58-55-52-49-46-44-42-39-36-34-32-29-26-23-20-17-14-11-8-5-2/h8,11,17,20,26,29-31,33-34,36,47,73H,4-7,9-10,12-16,18-19,21-25,27-28,32,35,37-46,48-72H2,1-3H3/b11-8-,20-17-,29-26-,33-31-,36-34-,47-30-. The van der Waals surface area contributed by atoms with Crippen LogP contribution in [-0.2, 0) is 28.6 Å². The van der Waals surface area contributed by atoms with Crippen molar-refractivity contribution in [2.75, 3.05) is 13.2 Å². The number of hydrogen-bond acceptors (Lipinski definition) is 6. The SMILES string of the molecule is CC/C=C\C/C=C\C/C=C\C/C=C\CCCCCCCCCCCCC(=O)OC(COC(=O)CCCCCCC/C=C\CCCCCCCCC)COC(=O)CCCCCCCCCCCCCCC/C=C\CCCCCCCCCC. The summed E-state index contributed by atoms with van der Waals surface area (Å²) >= 11 is 0. The first-order valence-corrected chi connectivity index (χ1v) is 35.9. The molecule has 0 rings (SSSR count). The van der Waals surface area contributed by atoms with Gasteiger partial charge >= 0.3 is 17.9 Å². The Morgan fingerprint density at radius 2 is 0.476 bits per heavy atom. The van der Waals surface area contributed by atoms with E-state index in [1.807, 2.05) is 0 Å². The molecule has 0 saturated carbocycles. The van der Waals surface area contributed by atoms with Crippen molar-refractivity contribution < 1.29 is 28.6 Å². The topological polar surface area (TPSA) is 78.9 Å². The van der Waals surface area contributed by atoms with Crippen molar-refractivity contribution in [2.45, 2.75) is 380 Å². The Morgan fingerprint density at radius 1 is 0.256 bits per heavy atom. The number of carbonyl (C=O) groups excluding carboxylic acids is 3. The number of carbonyl (C=O) groups is 3. The number of ether oxygens (including phenoxy) is 3. The molecule has 1 unspecified atom stereocenters. The highest BCUT2D eigenvalue weighted by Gasteiger charge is 2.19. The van der Waals surface area contributed by atoms with E-state index in [-0.39, 0.29) is 31.1 Å². The smallest absolute Gasteiger partial charge is 0.306 e. The van der Waals surface area contributed by atoms with Crippen LogP contribution in [0.4, 0.5) is 0 Å². The molecule has 1 atom stereocenters. The maximum absolute atomic E-state index is 13.0. The zero-order chi connectivity index (χ0) is 59.2. The van der Waals surface area contributed by atoms with Gasteiger partial charge in [-0.15, -0.1) is 0 Å². The fourth-order valence-corrected chi connectivity index (χ4v) is 10.5. The molecule has 476 valence electrons. The lowest BCUT2D eigenvalue weighted by Gasteiger charge is -2.18. The fraction of sp³-hybridized carbons (Fsp3) is 0.803. The first kappa shape index (κ1) is 78.8. The zero-order valence-corrected chi connectivity index (χ0v) is 54.8. The van der Waals surface area contributed by atoms with Crippen LogP contribution < -0.4 is 0 Å². The van der Waals surface area contributed by atoms with E-state index in [1.54, 1.807) is 0 Å². The van der Waals surface area contributed by atoms with Gasteiger partial charge in [0.1, 0.15) is 13.2 Å². The Labute approximate surface area is 510 Å². The van der Waals surface area contributed by atoms with Crippen molar-refractivity contribution >= 4 is 17.9 Å². The first-order valence-electron chi connectivity index (χ1n) is 35.9. The highest BCUT2D eigenvalue weighted by atomic mass is 16.6. The van der Waals surface area contributed by atoms with Gasteiger partial charge in [-0.1, -0.05) is 318 Å². The third-order valence-electron chi connectivity index (χ3n) is 15.9. The summed E-state index contributed by atoms with van der Waals surface area (Å²) in [6.45, 7) is 6.57. The summed E-state index contributed by atoms with van der Waals surface area (Å²) in [6.07, 6.45) is 92.1. The maximum Gasteiger partial charge on any atom is 0.306 e. The molecule has 0 aromatic rings. The molecule has 0 N–H and O–H groups in total. The number of unbranched alkanes of at least 4 members (excludes halogenated alkanes) is 43. The van der Waals surface area contributed by atoms with Gasteiger partial charge < -0.3 is 14.2 Å². The second kappa shape index (κ2) is 70.3. The van der Waals surface area contributed by atoms with Crippen LogP contribution >= 0.6 is 0 Å². The average Bonchev–Trinajstić information content (AvgIpc) is 3.47. The second-order valence-electron chi connectivity index (χ2n) is 24.1. The summed E-state index contributed by atoms with van der Waals surface area (Å²) in [5, 5.41) is 0. The van der Waals surface area contributed by atoms with E-state index < -0.39 is 6.10 Å². The van der Waals surface area contributed by atoms with E-state index in [1.165, 1.54) is 244 Å². The molecule has 0 spiro atoms. The number of rotatable bonds is 66. The summed E-state index contributed by atoms with van der Waals surface area (Å²) in [5.74, 6) is -0.868. The van der Waals surface area contributed by atoms with E-state index in [9.17, 15) is 14.4 Å². The Hall–Kier alpha value is -3.15. The lowest BCUT2D eigenvalue weighted by Crippen LogP contribution is -2.30. The molecule has 0 radical (unpaired) electrons. The van der Waals surface area contributed by atoms with Crippen LogP contribution in [0.2, 0.25) is 0 Å². The lowest BCUT2D eigenvalue weighted by molar-refractivity contribution is -0.167. The average molecular weight is 1150 g/mol. The predicted molar refractivity (Wildman–Crippen MR) is 358 cm³/mol. The molecule has 0 heterocycles. The Morgan fingerprint density at radius 3 is 0.756 bits per heavy atom. The monoisotopic (exact) mass is 1150 g/mol. The molecule has 0 aromatic heterocycles. The summed E-state index contributed by atoms with van der Waals surface area (Å²) < 4.78 is 17.0. The molecule has 0 aliphatic carbocycles. The summed E-state index contributed by atoms with van der Waals surface area (Å²) in [6, 6.07) is 0. The first-order chi connectivity index (χ1) is 40.5. The van der Waals surface area contributed by atoms with Crippen molar-refractivity contribution in [1.82, 2.24) is 0 Å². The molecule has 0 aliphatic heterocycles. The highest BCUT2D eigenvalue weighted by Crippen LogP contribution is 2.18. The van der Waals surface area contributed by atoms with Crippen LogP contribution in [-0.4, -0.2) is 37.2 Å². The third-order valence-corrected chi connectivity index (χ3v) is 15.9. The Bertz CT molecular complexity index is 1500. The van der Waals surface area contributed by atoms with Gasteiger partial charge in [0.2, 0.25) is 0 Å². The Balaban J connectivity index is 4.32. The van der Waals surface area contributed by atoms with Crippen LogP contribution in [0.1, 0.15) is 374 Å². The van der Waals surface area contributed by atoms with Gasteiger partial charge in [-0.2, -0.15) is 0 Å². The summed E-state index contributed by atoms with van der Waals surface area (Å²) in [5.41, 5.74) is 0. The predicted octanol–water partition coefficient (Wildman–Crippen LogP) is 24.8. The minimum Gasteiger partial charge on any atom is -0.462 e. The molecule has 0 aromatic carbocycles. The largest absolute Gasteiger partial charge is 0.462 e. The van der Waals surface area contributed by atoms with E-state index in [0.29, 0.717) is 19.3 Å². The van der Waals surface area contributed by atoms with Gasteiger partial charge in [-0.25, -0.2) is 0 Å². The highest BCUT2D eigenvalue weighted by molar-refractivity contribution is 5.71. The molecule has 0 bridgehead atoms. The van der Waals surface area contributed by atoms with Crippen molar-refractivity contribution in [1.29, 1.82) is 0 Å².